The molecular formula is C22H27N3O5S. The van der Waals surface area contributed by atoms with Crippen LogP contribution in [0, 0.1) is 6.92 Å². The third kappa shape index (κ3) is 5.49. The van der Waals surface area contributed by atoms with E-state index in [1.807, 2.05) is 37.3 Å². The highest BCUT2D eigenvalue weighted by Crippen LogP contribution is 2.26. The zero-order valence-corrected chi connectivity index (χ0v) is 18.4. The summed E-state index contributed by atoms with van der Waals surface area (Å²) in [5, 5.41) is 2.72. The Labute approximate surface area is 182 Å². The van der Waals surface area contributed by atoms with Crippen LogP contribution in [0.5, 0.6) is 0 Å². The molecular weight excluding hydrogens is 418 g/mol. The third-order valence-electron chi connectivity index (χ3n) is 5.25. The molecule has 2 aromatic carbocycles. The Morgan fingerprint density at radius 1 is 1.13 bits per heavy atom. The Kier molecular flexibility index (Phi) is 7.42. The van der Waals surface area contributed by atoms with Crippen LogP contribution in [0.15, 0.2) is 59.5 Å². The molecule has 1 aliphatic heterocycles. The number of amides is 2. The van der Waals surface area contributed by atoms with Crippen molar-refractivity contribution < 1.29 is 22.8 Å². The number of sulfonamides is 1. The first-order valence-electron chi connectivity index (χ1n) is 10.1. The molecule has 1 fully saturated rings. The summed E-state index contributed by atoms with van der Waals surface area (Å²) in [4.78, 5) is 30.4. The Hall–Kier alpha value is -2.75. The van der Waals surface area contributed by atoms with Gasteiger partial charge in [-0.05, 0) is 37.5 Å². The molecule has 9 heteroatoms. The van der Waals surface area contributed by atoms with Gasteiger partial charge >= 0.3 is 0 Å². The van der Waals surface area contributed by atoms with Crippen LogP contribution in [0.1, 0.15) is 24.0 Å². The van der Waals surface area contributed by atoms with Crippen molar-refractivity contribution in [2.75, 3.05) is 13.7 Å². The summed E-state index contributed by atoms with van der Waals surface area (Å²) in [6.07, 6.45) is 1.21. The normalized spacial score (nSPS) is 17.8. The first kappa shape index (κ1) is 22.9. The molecule has 0 spiro atoms. The fourth-order valence-electron chi connectivity index (χ4n) is 3.63. The largest absolute Gasteiger partial charge is 0.342 e. The fourth-order valence-corrected chi connectivity index (χ4v) is 5.29. The van der Waals surface area contributed by atoms with Crippen molar-refractivity contribution in [3.8, 4) is 0 Å². The predicted octanol–water partition coefficient (Wildman–Crippen LogP) is 1.55. The molecule has 0 radical (unpaired) electrons. The van der Waals surface area contributed by atoms with E-state index in [1.165, 1.54) is 11.4 Å². The van der Waals surface area contributed by atoms with Gasteiger partial charge in [0.25, 0.3) is 5.91 Å². The summed E-state index contributed by atoms with van der Waals surface area (Å²) in [5.41, 5.74) is 4.05. The molecule has 1 heterocycles. The van der Waals surface area contributed by atoms with Gasteiger partial charge in [0.1, 0.15) is 12.1 Å². The van der Waals surface area contributed by atoms with E-state index in [0.717, 1.165) is 11.1 Å². The molecule has 2 atom stereocenters. The Morgan fingerprint density at radius 2 is 1.81 bits per heavy atom. The van der Waals surface area contributed by atoms with Crippen LogP contribution >= 0.6 is 0 Å². The lowest BCUT2D eigenvalue weighted by Crippen LogP contribution is -2.53. The summed E-state index contributed by atoms with van der Waals surface area (Å²) in [6, 6.07) is 14.0. The second-order valence-corrected chi connectivity index (χ2v) is 9.40. The number of aryl methyl sites for hydroxylation is 1. The molecule has 166 valence electrons. The summed E-state index contributed by atoms with van der Waals surface area (Å²) in [7, 11) is -2.52. The van der Waals surface area contributed by atoms with E-state index in [0.29, 0.717) is 12.8 Å². The molecule has 0 bridgehead atoms. The number of nitrogens with one attached hydrogen (secondary N) is 2. The smallest absolute Gasteiger partial charge is 0.266 e. The lowest BCUT2D eigenvalue weighted by Gasteiger charge is -2.26. The number of nitrogens with zero attached hydrogens (tertiary/aromatic N) is 1. The number of hydrogen-bond acceptors (Lipinski definition) is 5. The highest BCUT2D eigenvalue weighted by Gasteiger charge is 2.40. The van der Waals surface area contributed by atoms with Crippen molar-refractivity contribution in [1.29, 1.82) is 0 Å². The SMILES string of the molecule is CONC(=O)[C@H](Cc1ccccc1)NC(=O)[C@@H]1CCCN1S(=O)(=O)c1ccc(C)cc1. The van der Waals surface area contributed by atoms with E-state index in [9.17, 15) is 18.0 Å². The Balaban J connectivity index is 1.78. The van der Waals surface area contributed by atoms with Crippen molar-refractivity contribution in [2.24, 2.45) is 0 Å². The van der Waals surface area contributed by atoms with Gasteiger partial charge in [0.2, 0.25) is 15.9 Å². The van der Waals surface area contributed by atoms with Crippen molar-refractivity contribution in [3.05, 3.63) is 65.7 Å². The van der Waals surface area contributed by atoms with Gasteiger partial charge < -0.3 is 5.32 Å². The first-order valence-corrected chi connectivity index (χ1v) is 11.5. The minimum absolute atomic E-state index is 0.149. The van der Waals surface area contributed by atoms with Crippen LogP contribution in [0.25, 0.3) is 0 Å². The molecule has 3 rings (SSSR count). The maximum absolute atomic E-state index is 13.1. The van der Waals surface area contributed by atoms with E-state index in [4.69, 9.17) is 4.84 Å². The number of carbonyl (C=O) groups excluding carboxylic acids is 2. The molecule has 0 aliphatic carbocycles. The van der Waals surface area contributed by atoms with Crippen molar-refractivity contribution in [1.82, 2.24) is 15.1 Å². The van der Waals surface area contributed by atoms with E-state index in [1.54, 1.807) is 24.3 Å². The number of hydrogen-bond donors (Lipinski definition) is 2. The van der Waals surface area contributed by atoms with Crippen molar-refractivity contribution in [3.63, 3.8) is 0 Å². The average Bonchev–Trinajstić information content (AvgIpc) is 3.25. The van der Waals surface area contributed by atoms with Gasteiger partial charge in [-0.2, -0.15) is 4.31 Å². The number of rotatable bonds is 8. The van der Waals surface area contributed by atoms with Gasteiger partial charge in [0.15, 0.2) is 0 Å². The molecule has 0 unspecified atom stereocenters. The van der Waals surface area contributed by atoms with E-state index in [-0.39, 0.29) is 17.9 Å². The molecule has 1 aliphatic rings. The fraction of sp³-hybridized carbons (Fsp3) is 0.364. The Morgan fingerprint density at radius 3 is 2.45 bits per heavy atom. The van der Waals surface area contributed by atoms with E-state index >= 15 is 0 Å². The van der Waals surface area contributed by atoms with Gasteiger partial charge in [0, 0.05) is 13.0 Å². The van der Waals surface area contributed by atoms with Crippen molar-refractivity contribution >= 4 is 21.8 Å². The lowest BCUT2D eigenvalue weighted by molar-refractivity contribution is -0.137. The van der Waals surface area contributed by atoms with Gasteiger partial charge in [-0.25, -0.2) is 13.9 Å². The number of hydroxylamine groups is 1. The summed E-state index contributed by atoms with van der Waals surface area (Å²) < 4.78 is 27.5. The number of benzene rings is 2. The second kappa shape index (κ2) is 10.0. The second-order valence-electron chi connectivity index (χ2n) is 7.51. The average molecular weight is 446 g/mol. The van der Waals surface area contributed by atoms with Crippen molar-refractivity contribution in [2.45, 2.75) is 43.2 Å². The maximum Gasteiger partial charge on any atom is 0.266 e. The zero-order valence-electron chi connectivity index (χ0n) is 17.6. The van der Waals surface area contributed by atoms with Gasteiger partial charge in [-0.1, -0.05) is 48.0 Å². The Bertz CT molecular complexity index is 1010. The van der Waals surface area contributed by atoms with Crippen LogP contribution in [0.4, 0.5) is 0 Å². The first-order chi connectivity index (χ1) is 14.8. The summed E-state index contributed by atoms with van der Waals surface area (Å²) in [5.74, 6) is -1.01. The van der Waals surface area contributed by atoms with E-state index in [2.05, 4.69) is 10.8 Å². The highest BCUT2D eigenvalue weighted by atomic mass is 32.2. The van der Waals surface area contributed by atoms with Gasteiger partial charge in [-0.15, -0.1) is 0 Å². The maximum atomic E-state index is 13.1. The molecule has 0 saturated carbocycles. The molecule has 2 aromatic rings. The van der Waals surface area contributed by atoms with Crippen LogP contribution in [0.3, 0.4) is 0 Å². The van der Waals surface area contributed by atoms with Crippen LogP contribution in [0.2, 0.25) is 0 Å². The predicted molar refractivity (Wildman–Crippen MR) is 115 cm³/mol. The highest BCUT2D eigenvalue weighted by molar-refractivity contribution is 7.89. The minimum Gasteiger partial charge on any atom is -0.342 e. The minimum atomic E-state index is -3.83. The number of carbonyl (C=O) groups is 2. The third-order valence-corrected chi connectivity index (χ3v) is 7.17. The molecule has 0 aromatic heterocycles. The lowest BCUT2D eigenvalue weighted by atomic mass is 10.0. The molecule has 1 saturated heterocycles. The van der Waals surface area contributed by atoms with E-state index < -0.39 is 33.9 Å². The zero-order chi connectivity index (χ0) is 22.4. The molecule has 2 amide bonds. The van der Waals surface area contributed by atoms with Gasteiger partial charge in [0.05, 0.1) is 12.0 Å². The standard InChI is InChI=1S/C22H27N3O5S/c1-16-10-12-18(13-11-16)31(28,29)25-14-6-9-20(25)22(27)23-19(21(26)24-30-2)15-17-7-4-3-5-8-17/h3-5,7-8,10-13,19-20H,6,9,14-15H2,1-2H3,(H,23,27)(H,24,26)/t19-,20-/m0/s1. The monoisotopic (exact) mass is 445 g/mol. The topological polar surface area (TPSA) is 105 Å². The molecule has 8 nitrogen and oxygen atoms in total. The van der Waals surface area contributed by atoms with Crippen LogP contribution < -0.4 is 10.8 Å². The summed E-state index contributed by atoms with van der Waals surface area (Å²) in [6.45, 7) is 2.13. The van der Waals surface area contributed by atoms with Crippen LogP contribution in [-0.2, 0) is 30.9 Å². The van der Waals surface area contributed by atoms with Gasteiger partial charge in [-0.3, -0.25) is 14.4 Å². The van der Waals surface area contributed by atoms with Crippen LogP contribution in [-0.4, -0.2) is 50.3 Å². The molecule has 2 N–H and O–H groups in total. The quantitative estimate of drug-likeness (QED) is 0.600. The summed E-state index contributed by atoms with van der Waals surface area (Å²) >= 11 is 0. The molecule has 31 heavy (non-hydrogen) atoms.